The van der Waals surface area contributed by atoms with E-state index in [2.05, 4.69) is 17.0 Å². The summed E-state index contributed by atoms with van der Waals surface area (Å²) in [5.41, 5.74) is 1.38. The van der Waals surface area contributed by atoms with Crippen LogP contribution in [-0.2, 0) is 17.7 Å². The molecule has 1 aliphatic rings. The number of hydrogen-bond donors (Lipinski definition) is 0. The van der Waals surface area contributed by atoms with Gasteiger partial charge in [-0.3, -0.25) is 4.90 Å². The molecule has 1 atom stereocenters. The fraction of sp³-hybridized carbons (Fsp3) is 0.368. The van der Waals surface area contributed by atoms with Gasteiger partial charge in [0, 0.05) is 34.9 Å². The summed E-state index contributed by atoms with van der Waals surface area (Å²) < 4.78 is 34.5. The molecule has 0 bridgehead atoms. The molecule has 2 aromatic carbocycles. The summed E-state index contributed by atoms with van der Waals surface area (Å²) >= 11 is 1.93. The number of rotatable bonds is 6. The fourth-order valence-corrected chi connectivity index (χ4v) is 3.59. The van der Waals surface area contributed by atoms with Crippen LogP contribution in [0.2, 0.25) is 0 Å². The average molecular weight is 443 g/mol. The second-order valence-corrected chi connectivity index (χ2v) is 7.32. The molecule has 5 heteroatoms. The highest BCUT2D eigenvalue weighted by Crippen LogP contribution is 2.22. The lowest BCUT2D eigenvalue weighted by molar-refractivity contribution is 0.138. The Bertz CT molecular complexity index is 651. The monoisotopic (exact) mass is 443 g/mol. The van der Waals surface area contributed by atoms with E-state index in [-0.39, 0.29) is 18.2 Å². The molecule has 2 aromatic rings. The second-order valence-electron chi connectivity index (χ2n) is 6.07. The Kier molecular flexibility index (Phi) is 6.19. The van der Waals surface area contributed by atoms with Gasteiger partial charge in [0.1, 0.15) is 11.6 Å². The second kappa shape index (κ2) is 8.36. The van der Waals surface area contributed by atoms with E-state index < -0.39 is 11.6 Å². The van der Waals surface area contributed by atoms with Gasteiger partial charge in [0.2, 0.25) is 0 Å². The van der Waals surface area contributed by atoms with E-state index in [1.54, 1.807) is 0 Å². The summed E-state index contributed by atoms with van der Waals surface area (Å²) in [5, 5.41) is 0. The van der Waals surface area contributed by atoms with Crippen molar-refractivity contribution >= 4 is 22.6 Å². The summed E-state index contributed by atoms with van der Waals surface area (Å²) in [6.45, 7) is 2.37. The van der Waals surface area contributed by atoms with Gasteiger partial charge in [0.05, 0.1) is 6.61 Å². The predicted octanol–water partition coefficient (Wildman–Crippen LogP) is 4.40. The maximum absolute atomic E-state index is 14.2. The molecule has 0 aliphatic carbocycles. The van der Waals surface area contributed by atoms with Gasteiger partial charge < -0.3 is 4.74 Å². The van der Waals surface area contributed by atoms with Gasteiger partial charge in [0.25, 0.3) is 0 Å². The maximum atomic E-state index is 14.2. The molecule has 0 N–H and O–H groups in total. The third-order valence-electron chi connectivity index (χ3n) is 4.42. The SMILES string of the molecule is Fc1cc(I)cc(F)c1CN(CCc1ccccc1)C1CCOC1. The molecule has 0 spiro atoms. The molecular formula is C19H20F2INO. The first kappa shape index (κ1) is 17.8. The predicted molar refractivity (Wildman–Crippen MR) is 98.9 cm³/mol. The molecule has 1 heterocycles. The van der Waals surface area contributed by atoms with E-state index >= 15 is 0 Å². The smallest absolute Gasteiger partial charge is 0.131 e. The average Bonchev–Trinajstić information content (AvgIpc) is 3.09. The number of ether oxygens (including phenoxy) is 1. The first-order valence-corrected chi connectivity index (χ1v) is 9.20. The third-order valence-corrected chi connectivity index (χ3v) is 5.04. The van der Waals surface area contributed by atoms with E-state index in [0.29, 0.717) is 16.8 Å². The van der Waals surface area contributed by atoms with Crippen LogP contribution < -0.4 is 0 Å². The topological polar surface area (TPSA) is 12.5 Å². The van der Waals surface area contributed by atoms with Gasteiger partial charge in [-0.05, 0) is 53.1 Å². The Morgan fingerprint density at radius 1 is 1.12 bits per heavy atom. The van der Waals surface area contributed by atoms with Crippen molar-refractivity contribution in [1.29, 1.82) is 0 Å². The molecule has 0 saturated carbocycles. The summed E-state index contributed by atoms with van der Waals surface area (Å²) in [6.07, 6.45) is 1.76. The Hall–Kier alpha value is -1.05. The highest BCUT2D eigenvalue weighted by molar-refractivity contribution is 14.1. The zero-order chi connectivity index (χ0) is 16.9. The van der Waals surface area contributed by atoms with Crippen LogP contribution >= 0.6 is 22.6 Å². The largest absolute Gasteiger partial charge is 0.380 e. The first-order chi connectivity index (χ1) is 11.6. The van der Waals surface area contributed by atoms with Crippen LogP contribution in [-0.4, -0.2) is 30.7 Å². The summed E-state index contributed by atoms with van der Waals surface area (Å²) in [6, 6.07) is 13.2. The molecule has 1 fully saturated rings. The number of halogens is 3. The van der Waals surface area contributed by atoms with E-state index in [9.17, 15) is 8.78 Å². The lowest BCUT2D eigenvalue weighted by Gasteiger charge is -2.28. The highest BCUT2D eigenvalue weighted by Gasteiger charge is 2.25. The van der Waals surface area contributed by atoms with Gasteiger partial charge in [-0.1, -0.05) is 30.3 Å². The lowest BCUT2D eigenvalue weighted by atomic mass is 10.1. The zero-order valence-corrected chi connectivity index (χ0v) is 15.5. The van der Waals surface area contributed by atoms with Crippen molar-refractivity contribution in [2.75, 3.05) is 19.8 Å². The fourth-order valence-electron chi connectivity index (χ4n) is 3.04. The molecular weight excluding hydrogens is 423 g/mol. The molecule has 0 aromatic heterocycles. The van der Waals surface area contributed by atoms with Crippen LogP contribution in [0.4, 0.5) is 8.78 Å². The van der Waals surface area contributed by atoms with Crippen molar-refractivity contribution in [3.8, 4) is 0 Å². The molecule has 0 radical (unpaired) electrons. The van der Waals surface area contributed by atoms with Crippen molar-refractivity contribution < 1.29 is 13.5 Å². The van der Waals surface area contributed by atoms with Crippen LogP contribution in [0.1, 0.15) is 17.5 Å². The summed E-state index contributed by atoms with van der Waals surface area (Å²) in [7, 11) is 0. The molecule has 3 rings (SSSR count). The van der Waals surface area contributed by atoms with Crippen molar-refractivity contribution in [1.82, 2.24) is 4.90 Å². The number of benzene rings is 2. The van der Waals surface area contributed by atoms with Crippen molar-refractivity contribution in [3.05, 3.63) is 68.8 Å². The third kappa shape index (κ3) is 4.52. The number of hydrogen-bond acceptors (Lipinski definition) is 2. The van der Waals surface area contributed by atoms with E-state index in [1.165, 1.54) is 17.7 Å². The summed E-state index contributed by atoms with van der Waals surface area (Å²) in [5.74, 6) is -0.939. The van der Waals surface area contributed by atoms with E-state index in [1.807, 2.05) is 40.8 Å². The van der Waals surface area contributed by atoms with Gasteiger partial charge >= 0.3 is 0 Å². The Labute approximate surface area is 155 Å². The lowest BCUT2D eigenvalue weighted by Crippen LogP contribution is -2.37. The minimum atomic E-state index is -0.469. The Balaban J connectivity index is 1.75. The molecule has 2 nitrogen and oxygen atoms in total. The maximum Gasteiger partial charge on any atom is 0.131 e. The zero-order valence-electron chi connectivity index (χ0n) is 13.4. The molecule has 1 saturated heterocycles. The normalized spacial score (nSPS) is 17.6. The van der Waals surface area contributed by atoms with Crippen molar-refractivity contribution in [2.24, 2.45) is 0 Å². The molecule has 1 unspecified atom stereocenters. The van der Waals surface area contributed by atoms with Gasteiger partial charge in [-0.25, -0.2) is 8.78 Å². The van der Waals surface area contributed by atoms with Gasteiger partial charge in [-0.2, -0.15) is 0 Å². The van der Waals surface area contributed by atoms with Crippen molar-refractivity contribution in [2.45, 2.75) is 25.4 Å². The quantitative estimate of drug-likeness (QED) is 0.614. The summed E-state index contributed by atoms with van der Waals surface area (Å²) in [4.78, 5) is 2.15. The first-order valence-electron chi connectivity index (χ1n) is 8.12. The Morgan fingerprint density at radius 2 is 1.83 bits per heavy atom. The van der Waals surface area contributed by atoms with Crippen LogP contribution in [0.3, 0.4) is 0 Å². The standard InChI is InChI=1S/C19H20F2INO/c20-18-10-15(22)11-19(21)17(18)12-23(16-7-9-24-13-16)8-6-14-4-2-1-3-5-14/h1-5,10-11,16H,6-9,12-13H2. The molecule has 1 aliphatic heterocycles. The van der Waals surface area contributed by atoms with E-state index in [4.69, 9.17) is 4.74 Å². The minimum absolute atomic E-state index is 0.148. The Morgan fingerprint density at radius 3 is 2.46 bits per heavy atom. The highest BCUT2D eigenvalue weighted by atomic mass is 127. The van der Waals surface area contributed by atoms with E-state index in [0.717, 1.165) is 19.4 Å². The van der Waals surface area contributed by atoms with Crippen molar-refractivity contribution in [3.63, 3.8) is 0 Å². The van der Waals surface area contributed by atoms with Crippen LogP contribution in [0.25, 0.3) is 0 Å². The molecule has 128 valence electrons. The molecule has 24 heavy (non-hydrogen) atoms. The van der Waals surface area contributed by atoms with Crippen LogP contribution in [0, 0.1) is 15.2 Å². The van der Waals surface area contributed by atoms with Gasteiger partial charge in [0.15, 0.2) is 0 Å². The van der Waals surface area contributed by atoms with Gasteiger partial charge in [-0.15, -0.1) is 0 Å². The minimum Gasteiger partial charge on any atom is -0.380 e. The van der Waals surface area contributed by atoms with Crippen LogP contribution in [0.15, 0.2) is 42.5 Å². The van der Waals surface area contributed by atoms with Crippen LogP contribution in [0.5, 0.6) is 0 Å². The molecule has 0 amide bonds. The number of nitrogens with zero attached hydrogens (tertiary/aromatic N) is 1.